The number of hydrogen-bond donors (Lipinski definition) is 0. The molecule has 2 aromatic rings. The smallest absolute Gasteiger partial charge is 0.266 e. The molecule has 0 N–H and O–H groups in total. The van der Waals surface area contributed by atoms with Crippen LogP contribution < -0.4 is 14.4 Å². The molecule has 35 heavy (non-hydrogen) atoms. The van der Waals surface area contributed by atoms with E-state index in [1.54, 1.807) is 19.1 Å². The Morgan fingerprint density at radius 2 is 1.86 bits per heavy atom. The summed E-state index contributed by atoms with van der Waals surface area (Å²) in [5.74, 6) is 1.43. The van der Waals surface area contributed by atoms with Gasteiger partial charge < -0.3 is 19.1 Å². The van der Waals surface area contributed by atoms with Gasteiger partial charge in [0.15, 0.2) is 5.17 Å². The van der Waals surface area contributed by atoms with E-state index in [2.05, 4.69) is 4.90 Å². The highest BCUT2D eigenvalue weighted by Crippen LogP contribution is 2.41. The van der Waals surface area contributed by atoms with E-state index < -0.39 is 0 Å². The SMILES string of the molecule is COc1cc(N2CCCC2)c(OC)cc1/C=C1\SC(=Nc2ccccc2)N(C[C@H]2CCCO2)C1=O. The zero-order valence-corrected chi connectivity index (χ0v) is 21.1. The molecule has 2 aromatic carbocycles. The largest absolute Gasteiger partial charge is 0.496 e. The summed E-state index contributed by atoms with van der Waals surface area (Å²) in [5, 5.41) is 0.669. The lowest BCUT2D eigenvalue weighted by molar-refractivity contribution is -0.123. The van der Waals surface area contributed by atoms with Crippen LogP contribution in [-0.4, -0.2) is 62.5 Å². The van der Waals surface area contributed by atoms with Gasteiger partial charge in [-0.1, -0.05) is 18.2 Å². The highest BCUT2D eigenvalue weighted by Gasteiger charge is 2.36. The van der Waals surface area contributed by atoms with Crippen LogP contribution in [0.3, 0.4) is 0 Å². The first-order valence-electron chi connectivity index (χ1n) is 12.1. The van der Waals surface area contributed by atoms with Crippen LogP contribution in [0.15, 0.2) is 52.4 Å². The van der Waals surface area contributed by atoms with E-state index in [1.165, 1.54) is 24.6 Å². The van der Waals surface area contributed by atoms with Gasteiger partial charge in [-0.3, -0.25) is 9.69 Å². The van der Waals surface area contributed by atoms with Gasteiger partial charge in [0.2, 0.25) is 0 Å². The Morgan fingerprint density at radius 1 is 1.09 bits per heavy atom. The molecule has 8 heteroatoms. The number of carbonyl (C=O) groups excluding carboxylic acids is 1. The molecule has 7 nitrogen and oxygen atoms in total. The number of thioether (sulfide) groups is 1. The van der Waals surface area contributed by atoms with Gasteiger partial charge >= 0.3 is 0 Å². The molecule has 0 bridgehead atoms. The number of aliphatic imine (C=N–C) groups is 1. The lowest BCUT2D eigenvalue weighted by Crippen LogP contribution is -2.36. The molecule has 3 saturated heterocycles. The average molecular weight is 494 g/mol. The van der Waals surface area contributed by atoms with E-state index >= 15 is 0 Å². The topological polar surface area (TPSA) is 63.6 Å². The summed E-state index contributed by atoms with van der Waals surface area (Å²) >= 11 is 1.39. The van der Waals surface area contributed by atoms with E-state index in [0.29, 0.717) is 22.4 Å². The number of benzene rings is 2. The number of para-hydroxylation sites is 1. The molecule has 3 fully saturated rings. The molecule has 5 rings (SSSR count). The normalized spacial score (nSPS) is 22.6. The highest BCUT2D eigenvalue weighted by atomic mass is 32.2. The van der Waals surface area contributed by atoms with Crippen LogP contribution in [0, 0.1) is 0 Å². The van der Waals surface area contributed by atoms with Gasteiger partial charge in [0.25, 0.3) is 5.91 Å². The highest BCUT2D eigenvalue weighted by molar-refractivity contribution is 8.18. The van der Waals surface area contributed by atoms with Crippen molar-refractivity contribution in [1.29, 1.82) is 0 Å². The van der Waals surface area contributed by atoms with Crippen LogP contribution in [0.5, 0.6) is 11.5 Å². The van der Waals surface area contributed by atoms with Crippen LogP contribution in [0.1, 0.15) is 31.2 Å². The summed E-state index contributed by atoms with van der Waals surface area (Å²) in [6, 6.07) is 13.7. The van der Waals surface area contributed by atoms with Gasteiger partial charge in [-0.15, -0.1) is 0 Å². The van der Waals surface area contributed by atoms with Crippen LogP contribution in [-0.2, 0) is 9.53 Å². The lowest BCUT2D eigenvalue weighted by atomic mass is 10.1. The maximum absolute atomic E-state index is 13.5. The lowest BCUT2D eigenvalue weighted by Gasteiger charge is -2.22. The molecule has 184 valence electrons. The number of methoxy groups -OCH3 is 2. The first kappa shape index (κ1) is 23.8. The Balaban J connectivity index is 1.49. The first-order valence-corrected chi connectivity index (χ1v) is 13.0. The summed E-state index contributed by atoms with van der Waals surface area (Å²) < 4.78 is 17.3. The number of carbonyl (C=O) groups is 1. The summed E-state index contributed by atoms with van der Waals surface area (Å²) in [7, 11) is 3.34. The molecule has 0 aromatic heterocycles. The summed E-state index contributed by atoms with van der Waals surface area (Å²) in [6.07, 6.45) is 6.24. The molecule has 1 amide bonds. The van der Waals surface area contributed by atoms with Gasteiger partial charge in [-0.25, -0.2) is 4.99 Å². The van der Waals surface area contributed by atoms with Gasteiger partial charge in [-0.2, -0.15) is 0 Å². The Bertz CT molecular complexity index is 1120. The number of hydrogen-bond acceptors (Lipinski definition) is 7. The Labute approximate surface area is 210 Å². The molecular formula is C27H31N3O4S. The van der Waals surface area contributed by atoms with Gasteiger partial charge in [0.1, 0.15) is 11.5 Å². The Hall–Kier alpha value is -2.97. The quantitative estimate of drug-likeness (QED) is 0.501. The van der Waals surface area contributed by atoms with Crippen molar-refractivity contribution in [1.82, 2.24) is 4.90 Å². The van der Waals surface area contributed by atoms with Crippen molar-refractivity contribution < 1.29 is 19.0 Å². The molecule has 0 radical (unpaired) electrons. The van der Waals surface area contributed by atoms with Crippen molar-refractivity contribution in [3.63, 3.8) is 0 Å². The van der Waals surface area contributed by atoms with E-state index in [9.17, 15) is 4.79 Å². The van der Waals surface area contributed by atoms with E-state index in [0.717, 1.165) is 55.2 Å². The number of amides is 1. The average Bonchev–Trinajstić information content (AvgIpc) is 3.65. The second kappa shape index (κ2) is 10.7. The maximum Gasteiger partial charge on any atom is 0.266 e. The molecule has 3 heterocycles. The fraction of sp³-hybridized carbons (Fsp3) is 0.407. The van der Waals surface area contributed by atoms with Gasteiger partial charge in [0.05, 0.1) is 43.1 Å². The monoisotopic (exact) mass is 493 g/mol. The van der Waals surface area contributed by atoms with Crippen LogP contribution >= 0.6 is 11.8 Å². The third kappa shape index (κ3) is 5.18. The molecule has 3 aliphatic heterocycles. The number of ether oxygens (including phenoxy) is 3. The van der Waals surface area contributed by atoms with E-state index in [4.69, 9.17) is 19.2 Å². The molecule has 0 spiro atoms. The van der Waals surface area contributed by atoms with Crippen LogP contribution in [0.2, 0.25) is 0 Å². The third-order valence-electron chi connectivity index (χ3n) is 6.54. The third-order valence-corrected chi connectivity index (χ3v) is 7.55. The zero-order valence-electron chi connectivity index (χ0n) is 20.2. The minimum absolute atomic E-state index is 0.0363. The molecule has 0 unspecified atom stereocenters. The standard InChI is InChI=1S/C27H31N3O4S/c1-32-23-17-22(29-12-6-7-13-29)24(33-2)15-19(23)16-25-26(31)30(18-21-11-8-14-34-21)27(35-25)28-20-9-4-3-5-10-20/h3-5,9-10,15-17,21H,6-8,11-14,18H2,1-2H3/b25-16-,28-27?/t21-/m1/s1. The molecule has 0 saturated carbocycles. The number of nitrogens with zero attached hydrogens (tertiary/aromatic N) is 3. The zero-order chi connectivity index (χ0) is 24.2. The second-order valence-corrected chi connectivity index (χ2v) is 9.86. The van der Waals surface area contributed by atoms with E-state index in [-0.39, 0.29) is 12.0 Å². The number of anilines is 1. The van der Waals surface area contributed by atoms with Crippen molar-refractivity contribution in [2.75, 3.05) is 45.4 Å². The predicted molar refractivity (Wildman–Crippen MR) is 141 cm³/mol. The molecular weight excluding hydrogens is 462 g/mol. The number of amidine groups is 1. The Kier molecular flexibility index (Phi) is 7.29. The predicted octanol–water partition coefficient (Wildman–Crippen LogP) is 5.09. The van der Waals surface area contributed by atoms with Crippen molar-refractivity contribution in [2.45, 2.75) is 31.8 Å². The van der Waals surface area contributed by atoms with Gasteiger partial charge in [0, 0.05) is 31.3 Å². The molecule has 3 aliphatic rings. The second-order valence-electron chi connectivity index (χ2n) is 8.85. The number of rotatable bonds is 7. The first-order chi connectivity index (χ1) is 17.2. The van der Waals surface area contributed by atoms with E-state index in [1.807, 2.05) is 48.5 Å². The summed E-state index contributed by atoms with van der Waals surface area (Å²) in [5.41, 5.74) is 2.65. The van der Waals surface area contributed by atoms with Crippen LogP contribution in [0.4, 0.5) is 11.4 Å². The summed E-state index contributed by atoms with van der Waals surface area (Å²) in [4.78, 5) is 23.0. The minimum Gasteiger partial charge on any atom is -0.496 e. The van der Waals surface area contributed by atoms with Crippen LogP contribution in [0.25, 0.3) is 6.08 Å². The van der Waals surface area contributed by atoms with Crippen molar-refractivity contribution in [2.24, 2.45) is 4.99 Å². The minimum atomic E-state index is -0.0650. The van der Waals surface area contributed by atoms with Crippen molar-refractivity contribution >= 4 is 40.3 Å². The molecule has 0 aliphatic carbocycles. The molecule has 1 atom stereocenters. The maximum atomic E-state index is 13.5. The fourth-order valence-corrected chi connectivity index (χ4v) is 5.72. The fourth-order valence-electron chi connectivity index (χ4n) is 4.72. The summed E-state index contributed by atoms with van der Waals surface area (Å²) in [6.45, 7) is 3.26. The van der Waals surface area contributed by atoms with Crippen molar-refractivity contribution in [3.05, 3.63) is 52.9 Å². The van der Waals surface area contributed by atoms with Crippen molar-refractivity contribution in [3.8, 4) is 11.5 Å². The van der Waals surface area contributed by atoms with Gasteiger partial charge in [-0.05, 0) is 61.7 Å². The Morgan fingerprint density at radius 3 is 2.54 bits per heavy atom.